The predicted octanol–water partition coefficient (Wildman–Crippen LogP) is 4.54. The first-order valence-electron chi connectivity index (χ1n) is 26.3. The number of aliphatic hydroxyl groups is 1. The van der Waals surface area contributed by atoms with Crippen molar-refractivity contribution in [3.05, 3.63) is 86.7 Å². The minimum absolute atomic E-state index is 0.00303. The number of nitrogens with zero attached hydrogens (tertiary/aromatic N) is 4. The highest BCUT2D eigenvalue weighted by Crippen LogP contribution is 2.41. The number of hydrogen-bond donors (Lipinski definition) is 7. The first kappa shape index (κ1) is 61.7. The summed E-state index contributed by atoms with van der Waals surface area (Å²) in [6, 6.07) is 9.90. The smallest absolute Gasteiger partial charge is 0.415 e. The monoisotopic (exact) mass is 1150 g/mol. The summed E-state index contributed by atoms with van der Waals surface area (Å²) in [6.07, 6.45) is -0.888. The molecule has 2 aromatic carbocycles. The molecule has 4 aromatic rings. The van der Waals surface area contributed by atoms with E-state index in [2.05, 4.69) is 29.3 Å². The molecule has 432 valence electrons. The van der Waals surface area contributed by atoms with Crippen LogP contribution in [0.25, 0.3) is 22.3 Å². The Morgan fingerprint density at radius 1 is 0.938 bits per heavy atom. The van der Waals surface area contributed by atoms with E-state index in [1.165, 1.54) is 22.9 Å². The van der Waals surface area contributed by atoms with Crippen LogP contribution in [0.4, 0.5) is 20.1 Å². The lowest BCUT2D eigenvalue weighted by atomic mass is 9.86. The second-order valence-electron chi connectivity index (χ2n) is 20.3. The van der Waals surface area contributed by atoms with Crippen molar-refractivity contribution >= 4 is 81.7 Å². The fourth-order valence-corrected chi connectivity index (χ4v) is 9.93. The maximum atomic E-state index is 13.8. The number of nitrogens with one attached hydrogen (secondary N) is 4. The average molecular weight is 1150 g/mol. The zero-order valence-corrected chi connectivity index (χ0v) is 47.6. The summed E-state index contributed by atoms with van der Waals surface area (Å²) in [5, 5.41) is 22.5. The van der Waals surface area contributed by atoms with Crippen molar-refractivity contribution in [3.63, 3.8) is 0 Å². The molecule has 8 N–H and O–H groups in total. The van der Waals surface area contributed by atoms with E-state index in [-0.39, 0.29) is 118 Å². The van der Waals surface area contributed by atoms with Crippen molar-refractivity contribution in [2.75, 3.05) is 44.3 Å². The van der Waals surface area contributed by atoms with Crippen LogP contribution >= 0.6 is 8.02 Å². The number of carbonyl (C=O) groups is 8. The molecule has 0 spiro atoms. The lowest BCUT2D eigenvalue weighted by Crippen LogP contribution is -2.54. The number of hydrogen-bond acceptors (Lipinski definition) is 15. The Balaban J connectivity index is 1.07. The molecule has 0 radical (unpaired) electrons. The number of aromatic nitrogens is 2. The first-order chi connectivity index (χ1) is 37.7. The number of Topliss-reactive ketones (excluding diaryl/α,β-unsaturated/α-hetero) is 1. The third kappa shape index (κ3) is 15.2. The molecule has 26 heteroatoms. The fourth-order valence-electron chi connectivity index (χ4n) is 9.19. The second-order valence-corrected chi connectivity index (χ2v) is 23.9. The normalized spacial score (nSPS) is 15.8. The van der Waals surface area contributed by atoms with E-state index < -0.39 is 74.5 Å². The van der Waals surface area contributed by atoms with Gasteiger partial charge in [-0.1, -0.05) is 53.7 Å². The van der Waals surface area contributed by atoms with Gasteiger partial charge in [0, 0.05) is 74.2 Å². The number of likely N-dealkylation sites (N-methyl/N-ethyl adjacent to an activating group) is 1. The second kappa shape index (κ2) is 26.7. The SMILES string of the molecule is CCc1c2c(nc3ccc(OC(=O)N(CCN(C)C(=O)OCc4ccc(NC(=O)[C@H](CCCNC(N)=O)NC(=O)[C@@H](NC(=O)CCC(=O)C(C)C)C(C)C)cc4)CCS(=O)(O)=P)cc13)-c1cc3c(c(=O)n1C2)COC(=O)[C@]3(O)CC. The van der Waals surface area contributed by atoms with E-state index in [4.69, 9.17) is 24.9 Å². The maximum Gasteiger partial charge on any atom is 0.415 e. The van der Waals surface area contributed by atoms with E-state index in [1.54, 1.807) is 81.7 Å². The van der Waals surface area contributed by atoms with Crippen LogP contribution in [-0.2, 0) is 74.6 Å². The minimum Gasteiger partial charge on any atom is -0.458 e. The van der Waals surface area contributed by atoms with Gasteiger partial charge in [0.05, 0.1) is 44.2 Å². The highest BCUT2D eigenvalue weighted by molar-refractivity contribution is 8.16. The molecule has 0 fully saturated rings. The highest BCUT2D eigenvalue weighted by Gasteiger charge is 2.45. The Hall–Kier alpha value is -7.47. The minimum atomic E-state index is -3.49. The quantitative estimate of drug-likeness (QED) is 0.0240. The molecule has 24 nitrogen and oxygen atoms in total. The Labute approximate surface area is 464 Å². The van der Waals surface area contributed by atoms with Gasteiger partial charge in [-0.15, -0.1) is 0 Å². The number of benzene rings is 2. The molecular formula is C54H70N9O15PS. The van der Waals surface area contributed by atoms with Gasteiger partial charge in [-0.05, 0) is 87.1 Å². The summed E-state index contributed by atoms with van der Waals surface area (Å²) < 4.78 is 40.4. The molecular weight excluding hydrogens is 1080 g/mol. The van der Waals surface area contributed by atoms with Gasteiger partial charge in [-0.3, -0.25) is 24.0 Å². The molecule has 0 saturated heterocycles. The summed E-state index contributed by atoms with van der Waals surface area (Å²) in [5.74, 6) is -3.48. The Kier molecular flexibility index (Phi) is 20.6. The Morgan fingerprint density at radius 3 is 2.29 bits per heavy atom. The van der Waals surface area contributed by atoms with Crippen molar-refractivity contribution in [1.82, 2.24) is 35.3 Å². The van der Waals surface area contributed by atoms with Gasteiger partial charge in [-0.2, -0.15) is 0 Å². The molecule has 2 aliphatic heterocycles. The Morgan fingerprint density at radius 2 is 1.65 bits per heavy atom. The van der Waals surface area contributed by atoms with Crippen molar-refractivity contribution in [1.29, 1.82) is 0 Å². The van der Waals surface area contributed by atoms with Crippen molar-refractivity contribution in [3.8, 4) is 17.1 Å². The maximum absolute atomic E-state index is 13.8. The summed E-state index contributed by atoms with van der Waals surface area (Å²) in [7, 11) is 0.749. The third-order valence-corrected chi connectivity index (χ3v) is 15.3. The summed E-state index contributed by atoms with van der Waals surface area (Å²) in [5.41, 5.74) is 7.12. The van der Waals surface area contributed by atoms with E-state index >= 15 is 0 Å². The van der Waals surface area contributed by atoms with Crippen LogP contribution in [0.5, 0.6) is 5.75 Å². The standard InChI is InChI=1S/C54H70N9O15PS/c1-8-35-36-25-34(16-17-40(36)58-46-37(35)27-63-42(46)26-39-38(49(63)68)29-76-50(69)54(39,73)9-2)78-53(72)62(23-24-80(74,75)79)22-21-61(7)52(71)77-28-32-12-14-33(15-13-32)57-47(66)41(11-10-20-56-51(55)70)59-48(67)45(31(5)6)60-44(65)19-18-43(64)30(3)4/h12-17,25-26,30-31,41,45,73,79H,8-11,18-24,27-29H2,1-7H3,(H,57,66)(H,59,67)(H,60,65)(H,74,75)(H3,55,56,70)/t41-,45-,54-/m0/s1. The number of ketones is 1. The number of rotatable bonds is 25. The van der Waals surface area contributed by atoms with E-state index in [0.717, 1.165) is 11.1 Å². The van der Waals surface area contributed by atoms with Gasteiger partial charge < -0.3 is 65.2 Å². The zero-order chi connectivity index (χ0) is 58.8. The molecule has 4 atom stereocenters. The first-order valence-corrected chi connectivity index (χ1v) is 29.2. The number of primary amides is 1. The largest absolute Gasteiger partial charge is 0.458 e. The molecule has 80 heavy (non-hydrogen) atoms. The number of ether oxygens (including phenoxy) is 3. The van der Waals surface area contributed by atoms with Crippen molar-refractivity contribution in [2.24, 2.45) is 17.6 Å². The number of carbonyl (C=O) groups excluding carboxylic acids is 8. The van der Waals surface area contributed by atoms with Crippen LogP contribution in [0.3, 0.4) is 0 Å². The number of fused-ring (bicyclic) bond motifs is 5. The summed E-state index contributed by atoms with van der Waals surface area (Å²) in [6.45, 7) is 9.83. The topological polar surface area (TPSA) is 337 Å². The van der Waals surface area contributed by atoms with Gasteiger partial charge in [0.15, 0.2) is 5.60 Å². The highest BCUT2D eigenvalue weighted by atomic mass is 32.5. The van der Waals surface area contributed by atoms with Gasteiger partial charge in [0.1, 0.15) is 36.8 Å². The molecule has 0 saturated carbocycles. The van der Waals surface area contributed by atoms with Gasteiger partial charge >= 0.3 is 24.2 Å². The average Bonchev–Trinajstić information content (AvgIpc) is 3.77. The molecule has 0 bridgehead atoms. The van der Waals surface area contributed by atoms with Crippen LogP contribution in [-0.4, -0.2) is 132 Å². The molecule has 1 unspecified atom stereocenters. The number of aryl methyl sites for hydroxylation is 1. The lowest BCUT2D eigenvalue weighted by molar-refractivity contribution is -0.172. The number of amides is 7. The van der Waals surface area contributed by atoms with E-state index in [0.29, 0.717) is 40.0 Å². The van der Waals surface area contributed by atoms with Crippen LogP contribution < -0.4 is 37.3 Å². The molecule has 6 rings (SSSR count). The van der Waals surface area contributed by atoms with Crippen molar-refractivity contribution < 1.29 is 66.4 Å². The van der Waals surface area contributed by atoms with Gasteiger partial charge in [0.2, 0.25) is 17.7 Å². The van der Waals surface area contributed by atoms with Crippen LogP contribution in [0.1, 0.15) is 101 Å². The van der Waals surface area contributed by atoms with E-state index in [1.807, 2.05) is 6.92 Å². The van der Waals surface area contributed by atoms with E-state index in [9.17, 15) is 57.0 Å². The molecule has 4 heterocycles. The lowest BCUT2D eigenvalue weighted by Gasteiger charge is -2.31. The Bertz CT molecular complexity index is 3220. The number of anilines is 1. The van der Waals surface area contributed by atoms with Gasteiger partial charge in [-0.25, -0.2) is 28.4 Å². The number of cyclic esters (lactones) is 1. The zero-order valence-electron chi connectivity index (χ0n) is 45.8. The van der Waals surface area contributed by atoms with Crippen molar-refractivity contribution in [2.45, 2.75) is 118 Å². The molecule has 2 aromatic heterocycles. The molecule has 0 aliphatic carbocycles. The van der Waals surface area contributed by atoms with Crippen LogP contribution in [0.15, 0.2) is 53.3 Å². The number of nitrogens with two attached hydrogens (primary N) is 1. The van der Waals surface area contributed by atoms with Gasteiger partial charge in [0.25, 0.3) is 5.56 Å². The number of urea groups is 1. The van der Waals surface area contributed by atoms with Crippen LogP contribution in [0, 0.1) is 11.8 Å². The predicted molar refractivity (Wildman–Crippen MR) is 298 cm³/mol. The third-order valence-electron chi connectivity index (χ3n) is 13.9. The number of pyridine rings is 2. The fraction of sp³-hybridized carbons (Fsp3) is 0.481. The summed E-state index contributed by atoms with van der Waals surface area (Å²) >= 11 is 0. The molecule has 2 aliphatic rings. The molecule has 7 amide bonds. The van der Waals surface area contributed by atoms with Crippen LogP contribution in [0.2, 0.25) is 0 Å². The summed E-state index contributed by atoms with van der Waals surface area (Å²) in [4.78, 5) is 124. The number of esters is 1.